The number of halogens is 1. The topological polar surface area (TPSA) is 46.3 Å². The van der Waals surface area contributed by atoms with Crippen LogP contribution in [0.2, 0.25) is 0 Å². The molecule has 0 saturated carbocycles. The Balaban J connectivity index is 2.27. The fourth-order valence-corrected chi connectivity index (χ4v) is 2.11. The zero-order chi connectivity index (χ0) is 11.5. The molecular weight excluding hydrogens is 229 g/mol. The summed E-state index contributed by atoms with van der Waals surface area (Å²) in [7, 11) is 0. The number of aliphatic hydroxyl groups is 1. The second-order valence-electron chi connectivity index (χ2n) is 3.27. The first kappa shape index (κ1) is 11.2. The second-order valence-corrected chi connectivity index (χ2v) is 4.26. The summed E-state index contributed by atoms with van der Waals surface area (Å²) in [6.45, 7) is 1.62. The van der Waals surface area contributed by atoms with Gasteiger partial charge < -0.3 is 9.52 Å². The van der Waals surface area contributed by atoms with Gasteiger partial charge in [-0.05, 0) is 42.4 Å². The summed E-state index contributed by atoms with van der Waals surface area (Å²) < 4.78 is 18.1. The molecule has 0 saturated heterocycles. The SMILES string of the molecule is Cc1coc(Sc2ccc(F)cc2CO)n1. The van der Waals surface area contributed by atoms with Crippen molar-refractivity contribution in [3.63, 3.8) is 0 Å². The summed E-state index contributed by atoms with van der Waals surface area (Å²) in [4.78, 5) is 4.87. The van der Waals surface area contributed by atoms with Crippen LogP contribution in [-0.2, 0) is 6.61 Å². The van der Waals surface area contributed by atoms with Crippen molar-refractivity contribution in [1.29, 1.82) is 0 Å². The molecule has 1 aromatic carbocycles. The van der Waals surface area contributed by atoms with Crippen molar-refractivity contribution in [3.05, 3.63) is 41.5 Å². The van der Waals surface area contributed by atoms with E-state index in [0.29, 0.717) is 10.8 Å². The summed E-state index contributed by atoms with van der Waals surface area (Å²) in [5, 5.41) is 9.58. The van der Waals surface area contributed by atoms with E-state index in [-0.39, 0.29) is 12.4 Å². The van der Waals surface area contributed by atoms with Gasteiger partial charge in [0.2, 0.25) is 0 Å². The number of aliphatic hydroxyl groups excluding tert-OH is 1. The predicted octanol–water partition coefficient (Wildman–Crippen LogP) is 2.77. The Morgan fingerprint density at radius 3 is 2.94 bits per heavy atom. The molecule has 0 amide bonds. The Hall–Kier alpha value is -1.33. The van der Waals surface area contributed by atoms with Crippen LogP contribution >= 0.6 is 11.8 Å². The summed E-state index contributed by atoms with van der Waals surface area (Å²) in [6, 6.07) is 4.25. The van der Waals surface area contributed by atoms with Gasteiger partial charge in [0.25, 0.3) is 5.22 Å². The number of oxazole rings is 1. The molecule has 0 fully saturated rings. The van der Waals surface area contributed by atoms with Crippen LogP contribution in [0.1, 0.15) is 11.3 Å². The summed E-state index contributed by atoms with van der Waals surface area (Å²) >= 11 is 1.26. The van der Waals surface area contributed by atoms with Crippen LogP contribution < -0.4 is 0 Å². The van der Waals surface area contributed by atoms with Crippen LogP contribution in [0.15, 0.2) is 39.0 Å². The molecular formula is C11H10FNO2S. The molecule has 1 heterocycles. The number of hydrogen-bond acceptors (Lipinski definition) is 4. The number of nitrogens with zero attached hydrogens (tertiary/aromatic N) is 1. The number of rotatable bonds is 3. The van der Waals surface area contributed by atoms with Gasteiger partial charge in [-0.25, -0.2) is 9.37 Å². The van der Waals surface area contributed by atoms with E-state index in [2.05, 4.69) is 4.98 Å². The maximum absolute atomic E-state index is 12.9. The Kier molecular flexibility index (Phi) is 3.26. The van der Waals surface area contributed by atoms with Crippen molar-refractivity contribution in [2.75, 3.05) is 0 Å². The number of hydrogen-bond donors (Lipinski definition) is 1. The Morgan fingerprint density at radius 2 is 2.31 bits per heavy atom. The van der Waals surface area contributed by atoms with Gasteiger partial charge in [0.05, 0.1) is 12.3 Å². The van der Waals surface area contributed by atoms with Gasteiger partial charge >= 0.3 is 0 Å². The maximum atomic E-state index is 12.9. The first-order valence-electron chi connectivity index (χ1n) is 4.68. The van der Waals surface area contributed by atoms with Crippen molar-refractivity contribution in [2.45, 2.75) is 23.6 Å². The molecule has 0 aliphatic heterocycles. The van der Waals surface area contributed by atoms with Crippen LogP contribution in [0.5, 0.6) is 0 Å². The first-order chi connectivity index (χ1) is 7.69. The highest BCUT2D eigenvalue weighted by atomic mass is 32.2. The molecule has 0 aliphatic rings. The number of benzene rings is 1. The fourth-order valence-electron chi connectivity index (χ4n) is 1.24. The third-order valence-electron chi connectivity index (χ3n) is 1.99. The van der Waals surface area contributed by atoms with Gasteiger partial charge in [-0.3, -0.25) is 0 Å². The molecule has 1 aromatic heterocycles. The normalized spacial score (nSPS) is 10.7. The van der Waals surface area contributed by atoms with Crippen molar-refractivity contribution in [1.82, 2.24) is 4.98 Å². The predicted molar refractivity (Wildman–Crippen MR) is 57.7 cm³/mol. The standard InChI is InChI=1S/C11H10FNO2S/c1-7-6-15-11(13-7)16-10-3-2-9(12)4-8(10)5-14/h2-4,6,14H,5H2,1H3. The minimum atomic E-state index is -0.364. The highest BCUT2D eigenvalue weighted by Crippen LogP contribution is 2.30. The smallest absolute Gasteiger partial charge is 0.260 e. The van der Waals surface area contributed by atoms with Crippen LogP contribution in [0.25, 0.3) is 0 Å². The minimum Gasteiger partial charge on any atom is -0.439 e. The van der Waals surface area contributed by atoms with Crippen molar-refractivity contribution in [2.24, 2.45) is 0 Å². The highest BCUT2D eigenvalue weighted by molar-refractivity contribution is 7.99. The quantitative estimate of drug-likeness (QED) is 0.894. The van der Waals surface area contributed by atoms with Crippen LogP contribution in [0, 0.1) is 12.7 Å². The van der Waals surface area contributed by atoms with E-state index < -0.39 is 0 Å². The molecule has 0 atom stereocenters. The lowest BCUT2D eigenvalue weighted by molar-refractivity contribution is 0.278. The molecule has 5 heteroatoms. The average Bonchev–Trinajstić information content (AvgIpc) is 2.67. The van der Waals surface area contributed by atoms with Gasteiger partial charge in [-0.2, -0.15) is 0 Å². The van der Waals surface area contributed by atoms with Crippen LogP contribution in [0.3, 0.4) is 0 Å². The van der Waals surface area contributed by atoms with E-state index in [0.717, 1.165) is 10.6 Å². The Morgan fingerprint density at radius 1 is 1.50 bits per heavy atom. The van der Waals surface area contributed by atoms with E-state index in [1.807, 2.05) is 6.92 Å². The zero-order valence-corrected chi connectivity index (χ0v) is 9.42. The van der Waals surface area contributed by atoms with Gasteiger partial charge in [-0.15, -0.1) is 0 Å². The zero-order valence-electron chi connectivity index (χ0n) is 8.61. The molecule has 2 aromatic rings. The third kappa shape index (κ3) is 2.43. The Labute approximate surface area is 96.3 Å². The van der Waals surface area contributed by atoms with E-state index >= 15 is 0 Å². The molecule has 2 rings (SSSR count). The summed E-state index contributed by atoms with van der Waals surface area (Å²) in [5.74, 6) is -0.364. The van der Waals surface area contributed by atoms with Crippen LogP contribution in [-0.4, -0.2) is 10.1 Å². The first-order valence-corrected chi connectivity index (χ1v) is 5.50. The highest BCUT2D eigenvalue weighted by Gasteiger charge is 2.08. The van der Waals surface area contributed by atoms with Gasteiger partial charge in [0, 0.05) is 4.90 Å². The fraction of sp³-hybridized carbons (Fsp3) is 0.182. The molecule has 16 heavy (non-hydrogen) atoms. The molecule has 84 valence electrons. The molecule has 0 aliphatic carbocycles. The Bertz CT molecular complexity index is 498. The maximum Gasteiger partial charge on any atom is 0.260 e. The van der Waals surface area contributed by atoms with Crippen molar-refractivity contribution >= 4 is 11.8 Å². The molecule has 3 nitrogen and oxygen atoms in total. The molecule has 0 unspecified atom stereocenters. The van der Waals surface area contributed by atoms with E-state index in [1.165, 1.54) is 23.9 Å². The molecule has 1 N–H and O–H groups in total. The molecule has 0 bridgehead atoms. The van der Waals surface area contributed by atoms with Gasteiger partial charge in [-0.1, -0.05) is 0 Å². The third-order valence-corrected chi connectivity index (χ3v) is 2.97. The average molecular weight is 239 g/mol. The molecule has 0 radical (unpaired) electrons. The monoisotopic (exact) mass is 239 g/mol. The van der Waals surface area contributed by atoms with E-state index in [4.69, 9.17) is 9.52 Å². The van der Waals surface area contributed by atoms with E-state index in [1.54, 1.807) is 12.3 Å². The lowest BCUT2D eigenvalue weighted by Crippen LogP contribution is -1.89. The number of aryl methyl sites for hydroxylation is 1. The number of aromatic nitrogens is 1. The second kappa shape index (κ2) is 4.67. The minimum absolute atomic E-state index is 0.209. The van der Waals surface area contributed by atoms with Gasteiger partial charge in [0.1, 0.15) is 12.1 Å². The van der Waals surface area contributed by atoms with Crippen LogP contribution in [0.4, 0.5) is 4.39 Å². The van der Waals surface area contributed by atoms with Crippen molar-refractivity contribution < 1.29 is 13.9 Å². The largest absolute Gasteiger partial charge is 0.439 e. The lowest BCUT2D eigenvalue weighted by atomic mass is 10.2. The molecule has 0 spiro atoms. The summed E-state index contributed by atoms with van der Waals surface area (Å²) in [6.07, 6.45) is 1.55. The van der Waals surface area contributed by atoms with Gasteiger partial charge in [0.15, 0.2) is 0 Å². The van der Waals surface area contributed by atoms with Crippen molar-refractivity contribution in [3.8, 4) is 0 Å². The summed E-state index contributed by atoms with van der Waals surface area (Å²) in [5.41, 5.74) is 1.32. The van der Waals surface area contributed by atoms with E-state index in [9.17, 15) is 4.39 Å². The lowest BCUT2D eigenvalue weighted by Gasteiger charge is -2.04.